The molecule has 2 aromatic rings. The van der Waals surface area contributed by atoms with Gasteiger partial charge in [-0.3, -0.25) is 0 Å². The Labute approximate surface area is 132 Å². The van der Waals surface area contributed by atoms with E-state index in [0.717, 1.165) is 0 Å². The standard InChI is InChI=1S/C16H15ClFN3O/c17-15(4-5-15)16(22,7-12-2-1-3-13(18)6-12)10-21-11-20-9-14(21)8-19/h1-3,6,9,11,22H,4-5,7,10H2. The first-order chi connectivity index (χ1) is 10.5. The number of nitriles is 1. The molecule has 1 atom stereocenters. The van der Waals surface area contributed by atoms with Crippen LogP contribution in [0.2, 0.25) is 0 Å². The van der Waals surface area contributed by atoms with Crippen molar-refractivity contribution in [3.8, 4) is 6.07 Å². The van der Waals surface area contributed by atoms with Crippen LogP contribution in [0.5, 0.6) is 0 Å². The molecule has 1 fully saturated rings. The number of rotatable bonds is 5. The third-order valence-corrected chi connectivity index (χ3v) is 4.90. The Bertz CT molecular complexity index is 735. The van der Waals surface area contributed by atoms with Gasteiger partial charge < -0.3 is 9.67 Å². The van der Waals surface area contributed by atoms with Crippen molar-refractivity contribution in [2.75, 3.05) is 0 Å². The van der Waals surface area contributed by atoms with Gasteiger partial charge >= 0.3 is 0 Å². The van der Waals surface area contributed by atoms with Crippen LogP contribution in [0.1, 0.15) is 24.1 Å². The SMILES string of the molecule is N#Cc1cncn1CC(O)(Cc1cccc(F)c1)C1(Cl)CC1. The van der Waals surface area contributed by atoms with E-state index < -0.39 is 10.5 Å². The van der Waals surface area contributed by atoms with Crippen LogP contribution in [0.25, 0.3) is 0 Å². The van der Waals surface area contributed by atoms with Crippen LogP contribution in [0.15, 0.2) is 36.8 Å². The second kappa shape index (κ2) is 5.38. The lowest BCUT2D eigenvalue weighted by atomic mass is 9.88. The van der Waals surface area contributed by atoms with E-state index in [1.807, 2.05) is 6.07 Å². The summed E-state index contributed by atoms with van der Waals surface area (Å²) < 4.78 is 15.0. The summed E-state index contributed by atoms with van der Waals surface area (Å²) in [5.74, 6) is -0.348. The molecule has 1 heterocycles. The van der Waals surface area contributed by atoms with Crippen molar-refractivity contribution in [1.29, 1.82) is 5.26 Å². The number of hydrogen-bond acceptors (Lipinski definition) is 3. The van der Waals surface area contributed by atoms with Crippen LogP contribution in [0.3, 0.4) is 0 Å². The number of halogens is 2. The zero-order valence-electron chi connectivity index (χ0n) is 11.8. The molecule has 0 bridgehead atoms. The largest absolute Gasteiger partial charge is 0.386 e. The van der Waals surface area contributed by atoms with Crippen LogP contribution >= 0.6 is 11.6 Å². The monoisotopic (exact) mass is 319 g/mol. The van der Waals surface area contributed by atoms with Gasteiger partial charge in [0.25, 0.3) is 0 Å². The Hall–Kier alpha value is -1.90. The Balaban J connectivity index is 1.91. The maximum absolute atomic E-state index is 13.4. The highest BCUT2D eigenvalue weighted by atomic mass is 35.5. The van der Waals surface area contributed by atoms with Gasteiger partial charge in [0.15, 0.2) is 0 Å². The van der Waals surface area contributed by atoms with E-state index in [9.17, 15) is 9.50 Å². The maximum atomic E-state index is 13.4. The predicted octanol–water partition coefficient (Wildman–Crippen LogP) is 2.64. The van der Waals surface area contributed by atoms with Crippen molar-refractivity contribution in [2.24, 2.45) is 0 Å². The first kappa shape index (κ1) is 15.0. The summed E-state index contributed by atoms with van der Waals surface area (Å²) in [6, 6.07) is 8.15. The van der Waals surface area contributed by atoms with E-state index in [4.69, 9.17) is 16.9 Å². The summed E-state index contributed by atoms with van der Waals surface area (Å²) in [6.45, 7) is 0.149. The van der Waals surface area contributed by atoms with Crippen molar-refractivity contribution >= 4 is 11.6 Å². The number of imidazole rings is 1. The molecule has 0 amide bonds. The van der Waals surface area contributed by atoms with Gasteiger partial charge in [-0.05, 0) is 30.5 Å². The van der Waals surface area contributed by atoms with Crippen molar-refractivity contribution in [1.82, 2.24) is 9.55 Å². The molecule has 1 unspecified atom stereocenters. The van der Waals surface area contributed by atoms with Crippen LogP contribution in [0, 0.1) is 17.1 Å². The summed E-state index contributed by atoms with van der Waals surface area (Å²) in [5.41, 5.74) is -0.235. The third-order valence-electron chi connectivity index (χ3n) is 4.17. The molecule has 1 aromatic heterocycles. The first-order valence-electron chi connectivity index (χ1n) is 7.02. The maximum Gasteiger partial charge on any atom is 0.139 e. The lowest BCUT2D eigenvalue weighted by Crippen LogP contribution is -2.47. The number of aromatic nitrogens is 2. The minimum absolute atomic E-state index is 0.149. The molecule has 3 rings (SSSR count). The van der Waals surface area contributed by atoms with Gasteiger partial charge in [-0.15, -0.1) is 11.6 Å². The van der Waals surface area contributed by atoms with Gasteiger partial charge in [-0.2, -0.15) is 5.26 Å². The van der Waals surface area contributed by atoms with E-state index in [-0.39, 0.29) is 18.8 Å². The van der Waals surface area contributed by atoms with E-state index in [1.165, 1.54) is 24.7 Å². The average Bonchev–Trinajstić information content (AvgIpc) is 3.08. The summed E-state index contributed by atoms with van der Waals surface area (Å²) in [7, 11) is 0. The number of hydrogen-bond donors (Lipinski definition) is 1. The first-order valence-corrected chi connectivity index (χ1v) is 7.40. The average molecular weight is 320 g/mol. The molecule has 1 aliphatic carbocycles. The molecule has 0 saturated heterocycles. The molecule has 114 valence electrons. The molecule has 1 aromatic carbocycles. The van der Waals surface area contributed by atoms with Crippen molar-refractivity contribution in [3.63, 3.8) is 0 Å². The van der Waals surface area contributed by atoms with E-state index >= 15 is 0 Å². The zero-order valence-corrected chi connectivity index (χ0v) is 12.6. The fraction of sp³-hybridized carbons (Fsp3) is 0.375. The predicted molar refractivity (Wildman–Crippen MR) is 79.8 cm³/mol. The molecule has 4 nitrogen and oxygen atoms in total. The van der Waals surface area contributed by atoms with Gasteiger partial charge in [0, 0.05) is 6.42 Å². The third kappa shape index (κ3) is 2.72. The molecular formula is C16H15ClFN3O. The number of aliphatic hydroxyl groups is 1. The highest BCUT2D eigenvalue weighted by molar-refractivity contribution is 6.26. The number of alkyl halides is 1. The molecule has 1 N–H and O–H groups in total. The van der Waals surface area contributed by atoms with Crippen molar-refractivity contribution in [2.45, 2.75) is 36.3 Å². The quantitative estimate of drug-likeness (QED) is 0.862. The molecule has 22 heavy (non-hydrogen) atoms. The Morgan fingerprint density at radius 3 is 2.91 bits per heavy atom. The molecule has 0 aliphatic heterocycles. The van der Waals surface area contributed by atoms with Crippen molar-refractivity contribution < 1.29 is 9.50 Å². The molecule has 0 radical (unpaired) electrons. The Morgan fingerprint density at radius 2 is 2.27 bits per heavy atom. The second-order valence-electron chi connectivity index (χ2n) is 5.82. The van der Waals surface area contributed by atoms with Gasteiger partial charge in [0.2, 0.25) is 0 Å². The zero-order chi connectivity index (χ0) is 15.8. The van der Waals surface area contributed by atoms with Crippen LogP contribution in [-0.2, 0) is 13.0 Å². The summed E-state index contributed by atoms with van der Waals surface area (Å²) in [6.07, 6.45) is 4.54. The van der Waals surface area contributed by atoms with Crippen LogP contribution < -0.4 is 0 Å². The highest BCUT2D eigenvalue weighted by Gasteiger charge is 2.57. The normalized spacial score (nSPS) is 18.5. The Kier molecular flexibility index (Phi) is 3.67. The van der Waals surface area contributed by atoms with Crippen molar-refractivity contribution in [3.05, 3.63) is 53.9 Å². The smallest absolute Gasteiger partial charge is 0.139 e. The minimum Gasteiger partial charge on any atom is -0.386 e. The van der Waals surface area contributed by atoms with E-state index in [0.29, 0.717) is 24.1 Å². The molecule has 1 saturated carbocycles. The highest BCUT2D eigenvalue weighted by Crippen LogP contribution is 2.53. The fourth-order valence-electron chi connectivity index (χ4n) is 2.74. The second-order valence-corrected chi connectivity index (χ2v) is 6.55. The number of benzene rings is 1. The van der Waals surface area contributed by atoms with Gasteiger partial charge in [-0.25, -0.2) is 9.37 Å². The van der Waals surface area contributed by atoms with Gasteiger partial charge in [0.1, 0.15) is 23.2 Å². The van der Waals surface area contributed by atoms with Crippen LogP contribution in [0.4, 0.5) is 4.39 Å². The van der Waals surface area contributed by atoms with Gasteiger partial charge in [0.05, 0.1) is 23.9 Å². The summed E-state index contributed by atoms with van der Waals surface area (Å²) in [5, 5.41) is 20.2. The fourth-order valence-corrected chi connectivity index (χ4v) is 2.96. The molecule has 6 heteroatoms. The van der Waals surface area contributed by atoms with E-state index in [2.05, 4.69) is 4.98 Å². The topological polar surface area (TPSA) is 61.8 Å². The van der Waals surface area contributed by atoms with E-state index in [1.54, 1.807) is 16.7 Å². The lowest BCUT2D eigenvalue weighted by Gasteiger charge is -2.33. The minimum atomic E-state index is -1.27. The summed E-state index contributed by atoms with van der Waals surface area (Å²) >= 11 is 6.49. The van der Waals surface area contributed by atoms with Crippen LogP contribution in [-0.4, -0.2) is 25.1 Å². The molecule has 1 aliphatic rings. The summed E-state index contributed by atoms with van der Waals surface area (Å²) in [4.78, 5) is 3.19. The Morgan fingerprint density at radius 1 is 1.50 bits per heavy atom. The molecule has 0 spiro atoms. The number of nitrogens with zero attached hydrogens (tertiary/aromatic N) is 3. The molecular weight excluding hydrogens is 305 g/mol. The van der Waals surface area contributed by atoms with Gasteiger partial charge in [-0.1, -0.05) is 12.1 Å². The lowest BCUT2D eigenvalue weighted by molar-refractivity contribution is 0.0106.